The number of H-pyrrole nitrogens is 1. The highest BCUT2D eigenvalue weighted by Crippen LogP contribution is 2.23. The van der Waals surface area contributed by atoms with Crippen molar-refractivity contribution in [3.05, 3.63) is 65.4 Å². The molecule has 3 rings (SSSR count). The van der Waals surface area contributed by atoms with Crippen LogP contribution in [0.3, 0.4) is 0 Å². The smallest absolute Gasteiger partial charge is 0.244 e. The number of fused-ring (bicyclic) bond motifs is 1. The maximum absolute atomic E-state index is 12.0. The van der Waals surface area contributed by atoms with Crippen molar-refractivity contribution in [2.45, 2.75) is 13.3 Å². The van der Waals surface area contributed by atoms with Crippen LogP contribution in [0.15, 0.2) is 48.7 Å². The number of rotatable bonds is 6. The lowest BCUT2D eigenvalue weighted by atomic mass is 10.1. The Morgan fingerprint density at radius 3 is 2.88 bits per heavy atom. The lowest BCUT2D eigenvalue weighted by molar-refractivity contribution is -0.116. The Morgan fingerprint density at radius 2 is 2.12 bits per heavy atom. The molecular formula is C21H22N2O3. The fraction of sp³-hybridized carbons (Fsp3) is 0.190. The van der Waals surface area contributed by atoms with Crippen LogP contribution in [0.25, 0.3) is 17.0 Å². The van der Waals surface area contributed by atoms with Crippen molar-refractivity contribution in [3.8, 4) is 11.5 Å². The molecule has 0 fully saturated rings. The number of aromatic hydroxyl groups is 1. The second-order valence-electron chi connectivity index (χ2n) is 6.15. The summed E-state index contributed by atoms with van der Waals surface area (Å²) in [4.78, 5) is 15.2. The van der Waals surface area contributed by atoms with Gasteiger partial charge in [0.1, 0.15) is 11.5 Å². The molecule has 0 aliphatic carbocycles. The summed E-state index contributed by atoms with van der Waals surface area (Å²) in [5.74, 6) is 0.872. The fourth-order valence-electron chi connectivity index (χ4n) is 2.77. The molecule has 3 N–H and O–H groups in total. The minimum atomic E-state index is -0.164. The summed E-state index contributed by atoms with van der Waals surface area (Å²) in [6.45, 7) is 2.36. The van der Waals surface area contributed by atoms with Gasteiger partial charge >= 0.3 is 0 Å². The van der Waals surface area contributed by atoms with Crippen LogP contribution in [0.5, 0.6) is 11.5 Å². The molecule has 0 saturated carbocycles. The summed E-state index contributed by atoms with van der Waals surface area (Å²) in [6.07, 6.45) is 5.84. The molecule has 1 aromatic heterocycles. The Morgan fingerprint density at radius 1 is 1.27 bits per heavy atom. The highest BCUT2D eigenvalue weighted by Gasteiger charge is 2.05. The van der Waals surface area contributed by atoms with E-state index in [-0.39, 0.29) is 11.7 Å². The van der Waals surface area contributed by atoms with Crippen LogP contribution in [0.4, 0.5) is 0 Å². The highest BCUT2D eigenvalue weighted by molar-refractivity contribution is 5.91. The van der Waals surface area contributed by atoms with Gasteiger partial charge in [-0.3, -0.25) is 4.79 Å². The summed E-state index contributed by atoms with van der Waals surface area (Å²) in [5, 5.41) is 13.7. The van der Waals surface area contributed by atoms with Gasteiger partial charge in [0.05, 0.1) is 7.11 Å². The SMILES string of the molecule is COc1ccc2[nH]cc(CCNC(=O)/C=C/c3ccc(C)c(O)c3)c2c1. The molecule has 1 amide bonds. The van der Waals surface area contributed by atoms with Crippen LogP contribution in [0.1, 0.15) is 16.7 Å². The summed E-state index contributed by atoms with van der Waals surface area (Å²) in [7, 11) is 1.65. The molecule has 26 heavy (non-hydrogen) atoms. The largest absolute Gasteiger partial charge is 0.508 e. The zero-order valence-electron chi connectivity index (χ0n) is 14.9. The number of ether oxygens (including phenoxy) is 1. The van der Waals surface area contributed by atoms with Gasteiger partial charge in [0.25, 0.3) is 0 Å². The van der Waals surface area contributed by atoms with Crippen LogP contribution in [-0.2, 0) is 11.2 Å². The van der Waals surface area contributed by atoms with Gasteiger partial charge in [-0.1, -0.05) is 12.1 Å². The first kappa shape index (κ1) is 17.6. The number of hydrogen-bond acceptors (Lipinski definition) is 3. The first-order chi connectivity index (χ1) is 12.6. The van der Waals surface area contributed by atoms with Crippen LogP contribution in [0, 0.1) is 6.92 Å². The molecule has 134 valence electrons. The van der Waals surface area contributed by atoms with E-state index in [1.807, 2.05) is 43.5 Å². The summed E-state index contributed by atoms with van der Waals surface area (Å²) < 4.78 is 5.27. The molecule has 0 unspecified atom stereocenters. The third-order valence-electron chi connectivity index (χ3n) is 4.33. The molecule has 0 bridgehead atoms. The number of hydrogen-bond donors (Lipinski definition) is 3. The maximum Gasteiger partial charge on any atom is 0.244 e. The van der Waals surface area contributed by atoms with Gasteiger partial charge in [-0.2, -0.15) is 0 Å². The summed E-state index contributed by atoms with van der Waals surface area (Å²) in [5.41, 5.74) is 3.77. The van der Waals surface area contributed by atoms with E-state index >= 15 is 0 Å². The third-order valence-corrected chi connectivity index (χ3v) is 4.33. The normalized spacial score (nSPS) is 11.2. The molecule has 0 aliphatic rings. The van der Waals surface area contributed by atoms with Gasteiger partial charge in [-0.15, -0.1) is 0 Å². The third kappa shape index (κ3) is 4.06. The first-order valence-electron chi connectivity index (χ1n) is 8.46. The molecule has 2 aromatic carbocycles. The number of aryl methyl sites for hydroxylation is 1. The Hall–Kier alpha value is -3.21. The monoisotopic (exact) mass is 350 g/mol. The highest BCUT2D eigenvalue weighted by atomic mass is 16.5. The number of benzene rings is 2. The molecule has 0 saturated heterocycles. The van der Waals surface area contributed by atoms with Gasteiger partial charge < -0.3 is 20.1 Å². The second-order valence-corrected chi connectivity index (χ2v) is 6.15. The number of aromatic nitrogens is 1. The van der Waals surface area contributed by atoms with Crippen molar-refractivity contribution in [1.82, 2.24) is 10.3 Å². The number of methoxy groups -OCH3 is 1. The number of aromatic amines is 1. The Kier molecular flexibility index (Phi) is 5.27. The Balaban J connectivity index is 1.56. The zero-order valence-corrected chi connectivity index (χ0v) is 14.9. The standard InChI is InChI=1S/C21H22N2O3/c1-14-3-4-15(11-20(14)24)5-8-21(25)22-10-9-16-13-23-19-7-6-17(26-2)12-18(16)19/h3-8,11-13,23-24H,9-10H2,1-2H3,(H,22,25)/b8-5+. The van der Waals surface area contributed by atoms with Crippen molar-refractivity contribution >= 4 is 22.9 Å². The van der Waals surface area contributed by atoms with Crippen LogP contribution in [-0.4, -0.2) is 29.7 Å². The fourth-order valence-corrected chi connectivity index (χ4v) is 2.77. The van der Waals surface area contributed by atoms with Crippen LogP contribution < -0.4 is 10.1 Å². The van der Waals surface area contributed by atoms with Crippen LogP contribution in [0.2, 0.25) is 0 Å². The number of phenols is 1. The van der Waals surface area contributed by atoms with Gasteiger partial charge in [0, 0.05) is 29.7 Å². The zero-order chi connectivity index (χ0) is 18.5. The molecule has 3 aromatic rings. The topological polar surface area (TPSA) is 74.3 Å². The number of carbonyl (C=O) groups excluding carboxylic acids is 1. The number of carbonyl (C=O) groups is 1. The van der Waals surface area contributed by atoms with Crippen molar-refractivity contribution in [3.63, 3.8) is 0 Å². The van der Waals surface area contributed by atoms with Gasteiger partial charge in [-0.25, -0.2) is 0 Å². The average molecular weight is 350 g/mol. The van der Waals surface area contributed by atoms with E-state index in [0.717, 1.165) is 39.8 Å². The van der Waals surface area contributed by atoms with E-state index in [4.69, 9.17) is 4.74 Å². The first-order valence-corrected chi connectivity index (χ1v) is 8.46. The average Bonchev–Trinajstić information content (AvgIpc) is 3.05. The molecule has 0 radical (unpaired) electrons. The number of nitrogens with one attached hydrogen (secondary N) is 2. The number of amides is 1. The lowest BCUT2D eigenvalue weighted by Crippen LogP contribution is -2.23. The predicted molar refractivity (Wildman–Crippen MR) is 103 cm³/mol. The summed E-state index contributed by atoms with van der Waals surface area (Å²) >= 11 is 0. The molecular weight excluding hydrogens is 328 g/mol. The molecule has 0 spiro atoms. The lowest BCUT2D eigenvalue weighted by Gasteiger charge is -2.04. The van der Waals surface area contributed by atoms with Crippen molar-refractivity contribution in [2.24, 2.45) is 0 Å². The van der Waals surface area contributed by atoms with E-state index in [9.17, 15) is 9.90 Å². The second kappa shape index (κ2) is 7.78. The van der Waals surface area contributed by atoms with Crippen molar-refractivity contribution in [1.29, 1.82) is 0 Å². The van der Waals surface area contributed by atoms with Crippen LogP contribution >= 0.6 is 0 Å². The predicted octanol–water partition coefficient (Wildman–Crippen LogP) is 3.56. The van der Waals surface area contributed by atoms with Crippen molar-refractivity contribution < 1.29 is 14.6 Å². The van der Waals surface area contributed by atoms with Gasteiger partial charge in [0.2, 0.25) is 5.91 Å². The van der Waals surface area contributed by atoms with Gasteiger partial charge in [-0.05, 0) is 60.4 Å². The molecule has 5 heteroatoms. The molecule has 1 heterocycles. The molecule has 0 atom stereocenters. The minimum absolute atomic E-state index is 0.164. The Bertz CT molecular complexity index is 957. The minimum Gasteiger partial charge on any atom is -0.508 e. The van der Waals surface area contributed by atoms with E-state index in [1.54, 1.807) is 19.3 Å². The summed E-state index contributed by atoms with van der Waals surface area (Å²) in [6, 6.07) is 11.2. The van der Waals surface area contributed by atoms with E-state index in [1.165, 1.54) is 6.08 Å². The Labute approximate surface area is 152 Å². The van der Waals surface area contributed by atoms with E-state index in [0.29, 0.717) is 6.54 Å². The van der Waals surface area contributed by atoms with E-state index < -0.39 is 0 Å². The quantitative estimate of drug-likeness (QED) is 0.595. The molecule has 0 aliphatic heterocycles. The van der Waals surface area contributed by atoms with E-state index in [2.05, 4.69) is 10.3 Å². The molecule has 5 nitrogen and oxygen atoms in total. The number of phenolic OH excluding ortho intramolecular Hbond substituents is 1. The maximum atomic E-state index is 12.0. The van der Waals surface area contributed by atoms with Gasteiger partial charge in [0.15, 0.2) is 0 Å². The van der Waals surface area contributed by atoms with Crippen molar-refractivity contribution in [2.75, 3.05) is 13.7 Å².